The van der Waals surface area contributed by atoms with Crippen molar-refractivity contribution in [2.75, 3.05) is 13.6 Å². The van der Waals surface area contributed by atoms with Gasteiger partial charge < -0.3 is 9.76 Å². The van der Waals surface area contributed by atoms with Gasteiger partial charge in [0.05, 0.1) is 13.2 Å². The fourth-order valence-electron chi connectivity index (χ4n) is 2.95. The minimum absolute atomic E-state index is 0.00767. The smallest absolute Gasteiger partial charge is 0.362 e. The molecule has 1 heterocycles. The largest absolute Gasteiger partial charge is 0.480 e. The van der Waals surface area contributed by atoms with E-state index in [1.165, 1.54) is 12.1 Å². The molecule has 2 aromatic carbocycles. The predicted molar refractivity (Wildman–Crippen MR) is 86.6 cm³/mol. The summed E-state index contributed by atoms with van der Waals surface area (Å²) in [6.07, 6.45) is 0. The second kappa shape index (κ2) is 6.52. The standard InChI is InChI=1S/C17H17BFNO3/c1-20(10-17(21)22)9-12-3-2-4-14(7-12)18-16-6-5-15(19)8-13(16)11-23-18/h2-8H,9-11H2,1H3,(H,21,22). The Labute approximate surface area is 134 Å². The van der Waals surface area contributed by atoms with Crippen molar-refractivity contribution in [1.82, 2.24) is 4.90 Å². The van der Waals surface area contributed by atoms with Crippen LogP contribution in [0.5, 0.6) is 0 Å². The minimum Gasteiger partial charge on any atom is -0.480 e. The van der Waals surface area contributed by atoms with Crippen LogP contribution in [0.2, 0.25) is 0 Å². The number of carboxylic acid groups (broad SMARTS) is 1. The maximum absolute atomic E-state index is 13.3. The summed E-state index contributed by atoms with van der Waals surface area (Å²) in [5.74, 6) is -1.10. The molecule has 23 heavy (non-hydrogen) atoms. The highest BCUT2D eigenvalue weighted by Gasteiger charge is 2.30. The molecule has 0 aliphatic carbocycles. The van der Waals surface area contributed by atoms with E-state index in [-0.39, 0.29) is 19.3 Å². The molecule has 1 aliphatic rings. The summed E-state index contributed by atoms with van der Waals surface area (Å²) in [5, 5.41) is 8.83. The van der Waals surface area contributed by atoms with Crippen LogP contribution in [-0.4, -0.2) is 36.5 Å². The van der Waals surface area contributed by atoms with E-state index < -0.39 is 5.97 Å². The van der Waals surface area contributed by atoms with Gasteiger partial charge in [-0.25, -0.2) is 4.39 Å². The highest BCUT2D eigenvalue weighted by Crippen LogP contribution is 2.13. The molecule has 118 valence electrons. The first-order valence-corrected chi connectivity index (χ1v) is 7.42. The van der Waals surface area contributed by atoms with Crippen LogP contribution in [0.25, 0.3) is 0 Å². The quantitative estimate of drug-likeness (QED) is 0.836. The molecule has 1 aliphatic heterocycles. The van der Waals surface area contributed by atoms with Gasteiger partial charge in [0.2, 0.25) is 0 Å². The van der Waals surface area contributed by atoms with Crippen molar-refractivity contribution in [2.45, 2.75) is 13.2 Å². The van der Waals surface area contributed by atoms with Crippen LogP contribution in [0.1, 0.15) is 11.1 Å². The zero-order valence-corrected chi connectivity index (χ0v) is 12.8. The lowest BCUT2D eigenvalue weighted by Gasteiger charge is -2.15. The number of carboxylic acids is 1. The first kappa shape index (κ1) is 15.7. The third-order valence-corrected chi connectivity index (χ3v) is 3.90. The summed E-state index contributed by atoms with van der Waals surface area (Å²) in [7, 11) is 1.77. The van der Waals surface area contributed by atoms with E-state index >= 15 is 0 Å². The number of benzene rings is 2. The van der Waals surface area contributed by atoms with Crippen molar-refractivity contribution in [3.63, 3.8) is 0 Å². The summed E-state index contributed by atoms with van der Waals surface area (Å²) in [4.78, 5) is 12.5. The highest BCUT2D eigenvalue weighted by atomic mass is 19.1. The van der Waals surface area contributed by atoms with Crippen molar-refractivity contribution < 1.29 is 18.9 Å². The lowest BCUT2D eigenvalue weighted by molar-refractivity contribution is -0.138. The molecule has 0 amide bonds. The molecular weight excluding hydrogens is 296 g/mol. The van der Waals surface area contributed by atoms with E-state index in [2.05, 4.69) is 0 Å². The summed E-state index contributed by atoms with van der Waals surface area (Å²) >= 11 is 0. The Hall–Kier alpha value is -2.18. The molecule has 1 N–H and O–H groups in total. The van der Waals surface area contributed by atoms with Gasteiger partial charge >= 0.3 is 12.9 Å². The molecule has 2 aromatic rings. The van der Waals surface area contributed by atoms with Crippen LogP contribution in [0.3, 0.4) is 0 Å². The average Bonchev–Trinajstić information content (AvgIpc) is 2.89. The van der Waals surface area contributed by atoms with Crippen molar-refractivity contribution in [1.29, 1.82) is 0 Å². The second-order valence-corrected chi connectivity index (χ2v) is 5.85. The number of fused-ring (bicyclic) bond motifs is 1. The van der Waals surface area contributed by atoms with Crippen molar-refractivity contribution in [2.24, 2.45) is 0 Å². The first-order valence-electron chi connectivity index (χ1n) is 7.42. The second-order valence-electron chi connectivity index (χ2n) is 5.85. The average molecular weight is 313 g/mol. The van der Waals surface area contributed by atoms with Gasteiger partial charge in [-0.05, 0) is 41.2 Å². The number of hydrogen-bond acceptors (Lipinski definition) is 3. The summed E-state index contributed by atoms with van der Waals surface area (Å²) in [6.45, 7) is 0.742. The van der Waals surface area contributed by atoms with Crippen molar-refractivity contribution in [3.8, 4) is 0 Å². The fourth-order valence-corrected chi connectivity index (χ4v) is 2.95. The minimum atomic E-state index is -0.848. The van der Waals surface area contributed by atoms with Gasteiger partial charge in [0.15, 0.2) is 0 Å². The van der Waals surface area contributed by atoms with Gasteiger partial charge in [-0.3, -0.25) is 9.69 Å². The number of nitrogens with zero attached hydrogens (tertiary/aromatic N) is 1. The molecule has 0 unspecified atom stereocenters. The highest BCUT2D eigenvalue weighted by molar-refractivity contribution is 6.81. The number of halogens is 1. The topological polar surface area (TPSA) is 49.8 Å². The molecule has 6 heteroatoms. The fraction of sp³-hybridized carbons (Fsp3) is 0.235. The van der Waals surface area contributed by atoms with Crippen LogP contribution in [0.15, 0.2) is 42.5 Å². The molecule has 0 atom stereocenters. The Morgan fingerprint density at radius 1 is 1.35 bits per heavy atom. The SMILES string of the molecule is CN(CC(=O)O)Cc1cccc(B2OCc3cc(F)ccc32)c1. The molecule has 3 rings (SSSR count). The molecule has 0 spiro atoms. The lowest BCUT2D eigenvalue weighted by atomic mass is 9.55. The van der Waals surface area contributed by atoms with E-state index in [0.717, 1.165) is 22.1 Å². The molecule has 0 saturated heterocycles. The monoisotopic (exact) mass is 313 g/mol. The third kappa shape index (κ3) is 3.60. The van der Waals surface area contributed by atoms with Crippen LogP contribution >= 0.6 is 0 Å². The zero-order chi connectivity index (χ0) is 16.4. The molecular formula is C17H17BFNO3. The molecule has 0 radical (unpaired) electrons. The third-order valence-electron chi connectivity index (χ3n) is 3.90. The van der Waals surface area contributed by atoms with Gasteiger partial charge in [-0.1, -0.05) is 30.3 Å². The molecule has 4 nitrogen and oxygen atoms in total. The van der Waals surface area contributed by atoms with Gasteiger partial charge in [0.1, 0.15) is 5.82 Å². The number of carbonyl (C=O) groups is 1. The van der Waals surface area contributed by atoms with E-state index in [9.17, 15) is 9.18 Å². The Kier molecular flexibility index (Phi) is 4.45. The first-order chi connectivity index (χ1) is 11.0. The predicted octanol–water partition coefficient (Wildman–Crippen LogP) is 0.978. The van der Waals surface area contributed by atoms with E-state index in [4.69, 9.17) is 9.76 Å². The summed E-state index contributed by atoms with van der Waals surface area (Å²) in [6, 6.07) is 12.6. The number of rotatable bonds is 5. The Morgan fingerprint density at radius 3 is 2.96 bits per heavy atom. The summed E-state index contributed by atoms with van der Waals surface area (Å²) in [5.41, 5.74) is 3.88. The Bertz CT molecular complexity index is 738. The van der Waals surface area contributed by atoms with Gasteiger partial charge in [-0.15, -0.1) is 0 Å². The lowest BCUT2D eigenvalue weighted by Crippen LogP contribution is -2.41. The summed E-state index contributed by atoms with van der Waals surface area (Å²) < 4.78 is 19.1. The van der Waals surface area contributed by atoms with Gasteiger partial charge in [0.25, 0.3) is 0 Å². The Balaban J connectivity index is 1.80. The van der Waals surface area contributed by atoms with E-state index in [0.29, 0.717) is 13.2 Å². The number of hydrogen-bond donors (Lipinski definition) is 1. The van der Waals surface area contributed by atoms with Crippen LogP contribution in [-0.2, 0) is 22.6 Å². The number of likely N-dealkylation sites (N-methyl/N-ethyl adjacent to an activating group) is 1. The number of aliphatic carboxylic acids is 1. The van der Waals surface area contributed by atoms with Crippen molar-refractivity contribution >= 4 is 23.8 Å². The van der Waals surface area contributed by atoms with Crippen LogP contribution in [0, 0.1) is 5.82 Å². The molecule has 0 fully saturated rings. The normalized spacial score (nSPS) is 13.4. The Morgan fingerprint density at radius 2 is 2.17 bits per heavy atom. The zero-order valence-electron chi connectivity index (χ0n) is 12.8. The molecule has 0 bridgehead atoms. The van der Waals surface area contributed by atoms with Gasteiger partial charge in [-0.2, -0.15) is 0 Å². The maximum atomic E-state index is 13.3. The van der Waals surface area contributed by atoms with Crippen LogP contribution < -0.4 is 10.9 Å². The molecule has 0 aromatic heterocycles. The molecule has 0 saturated carbocycles. The maximum Gasteiger partial charge on any atom is 0.362 e. The van der Waals surface area contributed by atoms with E-state index in [1.54, 1.807) is 18.0 Å². The van der Waals surface area contributed by atoms with Gasteiger partial charge in [0, 0.05) is 6.54 Å². The van der Waals surface area contributed by atoms with Crippen LogP contribution in [0.4, 0.5) is 4.39 Å². The van der Waals surface area contributed by atoms with E-state index in [1.807, 2.05) is 24.3 Å². The van der Waals surface area contributed by atoms with Crippen molar-refractivity contribution in [3.05, 3.63) is 59.4 Å².